The summed E-state index contributed by atoms with van der Waals surface area (Å²) in [5.74, 6) is 0.744. The van der Waals surface area contributed by atoms with Gasteiger partial charge in [-0.25, -0.2) is 4.79 Å². The second-order valence-electron chi connectivity index (χ2n) is 7.48. The number of likely N-dealkylation sites (tertiary alicyclic amines) is 1. The second-order valence-corrected chi connectivity index (χ2v) is 7.48. The van der Waals surface area contributed by atoms with E-state index in [1.807, 2.05) is 41.3 Å². The molecule has 4 rings (SSSR count). The topological polar surface area (TPSA) is 59.8 Å². The number of carbonyl (C=O) groups is 1. The summed E-state index contributed by atoms with van der Waals surface area (Å²) in [6.07, 6.45) is 3.98. The Morgan fingerprint density at radius 2 is 1.83 bits per heavy atom. The van der Waals surface area contributed by atoms with Crippen molar-refractivity contribution in [2.45, 2.75) is 39.2 Å². The van der Waals surface area contributed by atoms with Gasteiger partial charge in [0.25, 0.3) is 5.91 Å². The highest BCUT2D eigenvalue weighted by Gasteiger charge is 2.19. The van der Waals surface area contributed by atoms with Crippen molar-refractivity contribution in [3.63, 3.8) is 0 Å². The van der Waals surface area contributed by atoms with Gasteiger partial charge in [0.15, 0.2) is 0 Å². The van der Waals surface area contributed by atoms with Crippen LogP contribution < -0.4 is 10.4 Å². The zero-order valence-electron chi connectivity index (χ0n) is 16.6. The quantitative estimate of drug-likeness (QED) is 0.578. The largest absolute Gasteiger partial charge is 0.489 e. The number of benzene rings is 2. The van der Waals surface area contributed by atoms with Gasteiger partial charge in [-0.05, 0) is 54.7 Å². The molecule has 0 spiro atoms. The van der Waals surface area contributed by atoms with Gasteiger partial charge in [0, 0.05) is 36.2 Å². The number of nitrogens with zero attached hydrogens (tertiary/aromatic N) is 1. The Balaban J connectivity index is 1.45. The number of rotatable bonds is 6. The molecule has 0 radical (unpaired) electrons. The van der Waals surface area contributed by atoms with Gasteiger partial charge in [0.1, 0.15) is 17.9 Å². The van der Waals surface area contributed by atoms with Crippen molar-refractivity contribution in [2.75, 3.05) is 13.1 Å². The molecular formula is C24H25NO4. The number of aryl methyl sites for hydroxylation is 1. The number of fused-ring (bicyclic) bond motifs is 1. The van der Waals surface area contributed by atoms with Crippen LogP contribution in [-0.4, -0.2) is 23.9 Å². The summed E-state index contributed by atoms with van der Waals surface area (Å²) in [6.45, 7) is 4.16. The zero-order valence-corrected chi connectivity index (χ0v) is 16.6. The number of hydrogen-bond donors (Lipinski definition) is 0. The van der Waals surface area contributed by atoms with Gasteiger partial charge in [-0.1, -0.05) is 25.5 Å². The van der Waals surface area contributed by atoms with Crippen LogP contribution in [0.1, 0.15) is 47.7 Å². The van der Waals surface area contributed by atoms with Gasteiger partial charge in [-0.2, -0.15) is 0 Å². The number of hydrogen-bond acceptors (Lipinski definition) is 4. The van der Waals surface area contributed by atoms with Crippen LogP contribution in [0, 0.1) is 0 Å². The first-order valence-electron chi connectivity index (χ1n) is 10.2. The molecule has 1 fully saturated rings. The summed E-state index contributed by atoms with van der Waals surface area (Å²) in [6, 6.07) is 14.7. The van der Waals surface area contributed by atoms with Crippen molar-refractivity contribution in [3.05, 3.63) is 75.6 Å². The lowest BCUT2D eigenvalue weighted by atomic mass is 10.1. The van der Waals surface area contributed by atoms with Gasteiger partial charge < -0.3 is 14.1 Å². The van der Waals surface area contributed by atoms with E-state index in [0.717, 1.165) is 55.3 Å². The molecule has 0 saturated carbocycles. The Hall–Kier alpha value is -3.08. The fourth-order valence-corrected chi connectivity index (χ4v) is 3.79. The second kappa shape index (κ2) is 8.52. The van der Waals surface area contributed by atoms with Crippen molar-refractivity contribution in [2.24, 2.45) is 0 Å². The zero-order chi connectivity index (χ0) is 20.2. The third-order valence-electron chi connectivity index (χ3n) is 5.32. The average molecular weight is 391 g/mol. The molecule has 3 aromatic rings. The van der Waals surface area contributed by atoms with Crippen LogP contribution in [0.3, 0.4) is 0 Å². The van der Waals surface area contributed by atoms with Gasteiger partial charge >= 0.3 is 5.63 Å². The molecule has 5 heteroatoms. The molecule has 0 atom stereocenters. The normalized spacial score (nSPS) is 13.8. The molecule has 1 aliphatic rings. The molecule has 5 nitrogen and oxygen atoms in total. The smallest absolute Gasteiger partial charge is 0.336 e. The summed E-state index contributed by atoms with van der Waals surface area (Å²) in [5, 5.41) is 0.948. The lowest BCUT2D eigenvalue weighted by Gasteiger charge is -2.15. The molecule has 1 aromatic heterocycles. The predicted octanol–water partition coefficient (Wildman–Crippen LogP) is 4.56. The summed E-state index contributed by atoms with van der Waals surface area (Å²) in [7, 11) is 0. The maximum Gasteiger partial charge on any atom is 0.336 e. The average Bonchev–Trinajstić information content (AvgIpc) is 3.27. The fraction of sp³-hybridized carbons (Fsp3) is 0.333. The lowest BCUT2D eigenvalue weighted by molar-refractivity contribution is 0.0793. The van der Waals surface area contributed by atoms with E-state index in [1.165, 1.54) is 0 Å². The van der Waals surface area contributed by atoms with E-state index >= 15 is 0 Å². The summed E-state index contributed by atoms with van der Waals surface area (Å²) in [5.41, 5.74) is 2.90. The van der Waals surface area contributed by atoms with Crippen LogP contribution in [0.15, 0.2) is 57.7 Å². The van der Waals surface area contributed by atoms with Crippen molar-refractivity contribution in [1.82, 2.24) is 4.90 Å². The summed E-state index contributed by atoms with van der Waals surface area (Å²) in [4.78, 5) is 26.1. The maximum absolute atomic E-state index is 12.4. The third kappa shape index (κ3) is 4.34. The Morgan fingerprint density at radius 1 is 1.07 bits per heavy atom. The van der Waals surface area contributed by atoms with Crippen molar-refractivity contribution in [1.29, 1.82) is 0 Å². The first-order chi connectivity index (χ1) is 14.1. The minimum absolute atomic E-state index is 0.0995. The number of ether oxygens (including phenoxy) is 1. The minimum atomic E-state index is -0.337. The molecule has 2 aromatic carbocycles. The fourth-order valence-electron chi connectivity index (χ4n) is 3.79. The van der Waals surface area contributed by atoms with E-state index in [4.69, 9.17) is 9.15 Å². The monoisotopic (exact) mass is 391 g/mol. The highest BCUT2D eigenvalue weighted by Crippen LogP contribution is 2.24. The van der Waals surface area contributed by atoms with Crippen LogP contribution in [0.5, 0.6) is 5.75 Å². The minimum Gasteiger partial charge on any atom is -0.489 e. The number of amides is 1. The molecule has 150 valence electrons. The maximum atomic E-state index is 12.4. The molecular weight excluding hydrogens is 366 g/mol. The Kier molecular flexibility index (Phi) is 5.65. The standard InChI is InChI=1S/C24H25NO4/c1-2-5-19-14-23(26)29-22-15-20(10-11-21(19)22)28-16-17-6-8-18(9-7-17)24(27)25-12-3-4-13-25/h6-11,14-15H,2-5,12-13,16H2,1H3. The van der Waals surface area contributed by atoms with Crippen LogP contribution >= 0.6 is 0 Å². The van der Waals surface area contributed by atoms with Gasteiger partial charge in [0.2, 0.25) is 0 Å². The Bertz CT molecular complexity index is 1060. The first kappa shape index (κ1) is 19.2. The third-order valence-corrected chi connectivity index (χ3v) is 5.32. The van der Waals surface area contributed by atoms with Gasteiger partial charge in [0.05, 0.1) is 0 Å². The van der Waals surface area contributed by atoms with E-state index in [-0.39, 0.29) is 11.5 Å². The molecule has 0 bridgehead atoms. The molecule has 0 N–H and O–H groups in total. The predicted molar refractivity (Wildman–Crippen MR) is 112 cm³/mol. The summed E-state index contributed by atoms with van der Waals surface area (Å²) < 4.78 is 11.2. The highest BCUT2D eigenvalue weighted by molar-refractivity contribution is 5.94. The van der Waals surface area contributed by atoms with Crippen LogP contribution in [0.4, 0.5) is 0 Å². The van der Waals surface area contributed by atoms with Crippen molar-refractivity contribution < 1.29 is 13.9 Å². The SMILES string of the molecule is CCCc1cc(=O)oc2cc(OCc3ccc(C(=O)N4CCCC4)cc3)ccc12. The molecule has 0 unspecified atom stereocenters. The van der Waals surface area contributed by atoms with Crippen LogP contribution in [0.25, 0.3) is 11.0 Å². The van der Waals surface area contributed by atoms with E-state index < -0.39 is 0 Å². The first-order valence-corrected chi connectivity index (χ1v) is 10.2. The molecule has 29 heavy (non-hydrogen) atoms. The molecule has 1 aliphatic heterocycles. The van der Waals surface area contributed by atoms with Crippen molar-refractivity contribution in [3.8, 4) is 5.75 Å². The number of carbonyl (C=O) groups excluding carboxylic acids is 1. The van der Waals surface area contributed by atoms with Gasteiger partial charge in [-0.15, -0.1) is 0 Å². The molecule has 2 heterocycles. The highest BCUT2D eigenvalue weighted by atomic mass is 16.5. The van der Waals surface area contributed by atoms with Gasteiger partial charge in [-0.3, -0.25) is 4.79 Å². The van der Waals surface area contributed by atoms with E-state index in [1.54, 1.807) is 12.1 Å². The molecule has 1 amide bonds. The van der Waals surface area contributed by atoms with Crippen LogP contribution in [0.2, 0.25) is 0 Å². The van der Waals surface area contributed by atoms with E-state index in [0.29, 0.717) is 23.5 Å². The Morgan fingerprint density at radius 3 is 2.55 bits per heavy atom. The molecule has 0 aliphatic carbocycles. The summed E-state index contributed by atoms with van der Waals surface area (Å²) >= 11 is 0. The lowest BCUT2D eigenvalue weighted by Crippen LogP contribution is -2.27. The van der Waals surface area contributed by atoms with E-state index in [2.05, 4.69) is 6.92 Å². The molecule has 1 saturated heterocycles. The Labute approximate surface area is 169 Å². The van der Waals surface area contributed by atoms with Crippen molar-refractivity contribution >= 4 is 16.9 Å². The van der Waals surface area contributed by atoms with Crippen LogP contribution in [-0.2, 0) is 13.0 Å². The van der Waals surface area contributed by atoms with E-state index in [9.17, 15) is 9.59 Å².